The molecule has 1 N–H and O–H groups in total. The van der Waals surface area contributed by atoms with Crippen molar-refractivity contribution >= 4 is 28.9 Å². The van der Waals surface area contributed by atoms with E-state index in [1.807, 2.05) is 0 Å². The van der Waals surface area contributed by atoms with Crippen LogP contribution < -0.4 is 10.1 Å². The molecular formula is C19H17ClF2N4O5. The lowest BCUT2D eigenvalue weighted by atomic mass is 10.2. The first-order valence-electron chi connectivity index (χ1n) is 8.94. The molecule has 3 rings (SSSR count). The number of nitrogens with zero attached hydrogens (tertiary/aromatic N) is 3. The molecule has 0 aliphatic heterocycles. The fraction of sp³-hybridized carbons (Fsp3) is 0.263. The van der Waals surface area contributed by atoms with Gasteiger partial charge in [0.25, 0.3) is 18.0 Å². The lowest BCUT2D eigenvalue weighted by Crippen LogP contribution is -2.12. The van der Waals surface area contributed by atoms with Crippen molar-refractivity contribution < 1.29 is 27.7 Å². The first-order chi connectivity index (χ1) is 14.6. The molecule has 2 aromatic heterocycles. The quantitative estimate of drug-likeness (QED) is 0.393. The molecule has 0 saturated heterocycles. The number of hydrogen-bond acceptors (Lipinski definition) is 6. The number of carbonyl (C=O) groups is 1. The Labute approximate surface area is 179 Å². The van der Waals surface area contributed by atoms with Crippen molar-refractivity contribution in [3.8, 4) is 5.75 Å². The van der Waals surface area contributed by atoms with Gasteiger partial charge in [-0.2, -0.15) is 5.10 Å². The van der Waals surface area contributed by atoms with E-state index in [1.54, 1.807) is 24.6 Å². The molecule has 164 valence electrons. The molecule has 12 heteroatoms. The predicted octanol–water partition coefficient (Wildman–Crippen LogP) is 4.60. The number of aromatic nitrogens is 2. The van der Waals surface area contributed by atoms with Gasteiger partial charge in [0.15, 0.2) is 5.76 Å². The van der Waals surface area contributed by atoms with E-state index >= 15 is 0 Å². The van der Waals surface area contributed by atoms with Crippen LogP contribution in [0.4, 0.5) is 20.2 Å². The molecule has 2 heterocycles. The number of nitro groups is 1. The van der Waals surface area contributed by atoms with Gasteiger partial charge in [0.2, 0.25) is 0 Å². The average Bonchev–Trinajstić information content (AvgIpc) is 3.27. The van der Waals surface area contributed by atoms with Crippen LogP contribution in [-0.2, 0) is 6.54 Å². The Balaban J connectivity index is 1.75. The molecule has 0 atom stereocenters. The summed E-state index contributed by atoms with van der Waals surface area (Å²) in [5, 5.41) is 18.3. The van der Waals surface area contributed by atoms with Crippen molar-refractivity contribution in [3.63, 3.8) is 0 Å². The standard InChI is InChI=1S/C19H17ClF2N4O5/c1-10-18(20)11(2)25(24-10)8-14-3-4-16(31-14)19(27)23-12-5-13(26(28)29)7-15(6-12)30-9-17(21)22/h3-7,17H,8-9H2,1-2H3,(H,23,27). The lowest BCUT2D eigenvalue weighted by molar-refractivity contribution is -0.384. The number of benzene rings is 1. The molecule has 0 aliphatic carbocycles. The normalized spacial score (nSPS) is 11.0. The smallest absolute Gasteiger partial charge is 0.291 e. The van der Waals surface area contributed by atoms with Crippen LogP contribution in [-0.4, -0.2) is 33.6 Å². The van der Waals surface area contributed by atoms with Crippen molar-refractivity contribution in [2.45, 2.75) is 26.8 Å². The third kappa shape index (κ3) is 5.37. The number of halogens is 3. The number of ether oxygens (including phenoxy) is 1. The molecule has 3 aromatic rings. The van der Waals surface area contributed by atoms with Gasteiger partial charge in [0.1, 0.15) is 18.1 Å². The largest absolute Gasteiger partial charge is 0.487 e. The minimum Gasteiger partial charge on any atom is -0.487 e. The molecule has 0 fully saturated rings. The number of nitrogens with one attached hydrogen (secondary N) is 1. The van der Waals surface area contributed by atoms with Crippen LogP contribution in [0.3, 0.4) is 0 Å². The Bertz CT molecular complexity index is 1130. The molecule has 0 unspecified atom stereocenters. The van der Waals surface area contributed by atoms with Gasteiger partial charge in [-0.3, -0.25) is 19.6 Å². The summed E-state index contributed by atoms with van der Waals surface area (Å²) in [6.45, 7) is 2.88. The topological polar surface area (TPSA) is 112 Å². The number of nitro benzene ring substituents is 1. The summed E-state index contributed by atoms with van der Waals surface area (Å²) in [5.41, 5.74) is 0.976. The number of rotatable bonds is 8. The van der Waals surface area contributed by atoms with Gasteiger partial charge in [-0.05, 0) is 26.0 Å². The third-order valence-electron chi connectivity index (χ3n) is 4.22. The van der Waals surface area contributed by atoms with Gasteiger partial charge < -0.3 is 14.5 Å². The van der Waals surface area contributed by atoms with Crippen LogP contribution in [0.15, 0.2) is 34.7 Å². The highest BCUT2D eigenvalue weighted by Gasteiger charge is 2.17. The van der Waals surface area contributed by atoms with Crippen molar-refractivity contribution in [3.05, 3.63) is 68.4 Å². The van der Waals surface area contributed by atoms with Crippen LogP contribution in [0, 0.1) is 24.0 Å². The van der Waals surface area contributed by atoms with Crippen molar-refractivity contribution in [1.82, 2.24) is 9.78 Å². The summed E-state index contributed by atoms with van der Waals surface area (Å²) < 4.78 is 36.7. The van der Waals surface area contributed by atoms with E-state index in [4.69, 9.17) is 20.8 Å². The van der Waals surface area contributed by atoms with Crippen LogP contribution in [0.2, 0.25) is 5.02 Å². The summed E-state index contributed by atoms with van der Waals surface area (Å²) >= 11 is 6.12. The average molecular weight is 455 g/mol. The molecular weight excluding hydrogens is 438 g/mol. The fourth-order valence-corrected chi connectivity index (χ4v) is 2.89. The maximum absolute atomic E-state index is 12.5. The number of furan rings is 1. The molecule has 0 aliphatic rings. The Kier molecular flexibility index (Phi) is 6.54. The van der Waals surface area contributed by atoms with E-state index in [2.05, 4.69) is 10.4 Å². The Morgan fingerprint density at radius 2 is 2.10 bits per heavy atom. The van der Waals surface area contributed by atoms with Gasteiger partial charge in [0.05, 0.1) is 39.6 Å². The molecule has 1 aromatic carbocycles. The molecule has 0 saturated carbocycles. The zero-order valence-corrected chi connectivity index (χ0v) is 17.2. The Hall–Kier alpha value is -3.47. The number of carbonyl (C=O) groups excluding carboxylic acids is 1. The highest BCUT2D eigenvalue weighted by atomic mass is 35.5. The summed E-state index contributed by atoms with van der Waals surface area (Å²) in [6, 6.07) is 6.29. The summed E-state index contributed by atoms with van der Waals surface area (Å²) in [5.74, 6) is -0.471. The second-order valence-electron chi connectivity index (χ2n) is 6.54. The molecule has 0 bridgehead atoms. The summed E-state index contributed by atoms with van der Waals surface area (Å²) in [7, 11) is 0. The van der Waals surface area contributed by atoms with Gasteiger partial charge in [0, 0.05) is 12.1 Å². The number of non-ortho nitro benzene ring substituents is 1. The maximum Gasteiger partial charge on any atom is 0.291 e. The van der Waals surface area contributed by atoms with Crippen LogP contribution in [0.25, 0.3) is 0 Å². The van der Waals surface area contributed by atoms with E-state index in [1.165, 1.54) is 12.1 Å². The van der Waals surface area contributed by atoms with Gasteiger partial charge >= 0.3 is 0 Å². The molecule has 1 amide bonds. The SMILES string of the molecule is Cc1nn(Cc2ccc(C(=O)Nc3cc(OCC(F)F)cc([N+](=O)[O-])c3)o2)c(C)c1Cl. The van der Waals surface area contributed by atoms with Gasteiger partial charge in [-0.15, -0.1) is 0 Å². The minimum absolute atomic E-state index is 0.00764. The lowest BCUT2D eigenvalue weighted by Gasteiger charge is -2.09. The second-order valence-corrected chi connectivity index (χ2v) is 6.92. The summed E-state index contributed by atoms with van der Waals surface area (Å²) in [6.07, 6.45) is -2.75. The van der Waals surface area contributed by atoms with E-state index in [0.717, 1.165) is 17.8 Å². The number of hydrogen-bond donors (Lipinski definition) is 1. The monoisotopic (exact) mass is 454 g/mol. The first-order valence-corrected chi connectivity index (χ1v) is 9.32. The second kappa shape index (κ2) is 9.13. The zero-order valence-electron chi connectivity index (χ0n) is 16.4. The number of aryl methyl sites for hydroxylation is 1. The van der Waals surface area contributed by atoms with Crippen molar-refractivity contribution in [1.29, 1.82) is 0 Å². The number of amides is 1. The highest BCUT2D eigenvalue weighted by molar-refractivity contribution is 6.31. The number of anilines is 1. The molecule has 0 spiro atoms. The molecule has 0 radical (unpaired) electrons. The van der Waals surface area contributed by atoms with E-state index in [0.29, 0.717) is 16.5 Å². The number of alkyl halides is 2. The first kappa shape index (κ1) is 22.2. The van der Waals surface area contributed by atoms with Crippen LogP contribution in [0.1, 0.15) is 27.7 Å². The highest BCUT2D eigenvalue weighted by Crippen LogP contribution is 2.27. The fourth-order valence-electron chi connectivity index (χ4n) is 2.76. The Morgan fingerprint density at radius 1 is 1.35 bits per heavy atom. The van der Waals surface area contributed by atoms with Gasteiger partial charge in [-0.1, -0.05) is 11.6 Å². The summed E-state index contributed by atoms with van der Waals surface area (Å²) in [4.78, 5) is 22.8. The predicted molar refractivity (Wildman–Crippen MR) is 107 cm³/mol. The zero-order chi connectivity index (χ0) is 22.7. The van der Waals surface area contributed by atoms with Gasteiger partial charge in [-0.25, -0.2) is 8.78 Å². The van der Waals surface area contributed by atoms with Crippen molar-refractivity contribution in [2.75, 3.05) is 11.9 Å². The Morgan fingerprint density at radius 3 is 2.71 bits per heavy atom. The molecule has 31 heavy (non-hydrogen) atoms. The van der Waals surface area contributed by atoms with Crippen LogP contribution in [0.5, 0.6) is 5.75 Å². The van der Waals surface area contributed by atoms with E-state index in [9.17, 15) is 23.7 Å². The molecule has 9 nitrogen and oxygen atoms in total. The van der Waals surface area contributed by atoms with E-state index in [-0.39, 0.29) is 23.7 Å². The van der Waals surface area contributed by atoms with Crippen molar-refractivity contribution in [2.24, 2.45) is 0 Å². The maximum atomic E-state index is 12.5. The minimum atomic E-state index is -2.75. The van der Waals surface area contributed by atoms with E-state index < -0.39 is 29.6 Å². The third-order valence-corrected chi connectivity index (χ3v) is 4.77. The van der Waals surface area contributed by atoms with Crippen LogP contribution >= 0.6 is 11.6 Å².